The van der Waals surface area contributed by atoms with Crippen molar-refractivity contribution < 1.29 is 0 Å². The number of likely N-dealkylation sites (N-methyl/N-ethyl adjacent to an activating group) is 1. The van der Waals surface area contributed by atoms with Crippen LogP contribution in [0.4, 0.5) is 0 Å². The fraction of sp³-hybridized carbons (Fsp3) is 0.429. The van der Waals surface area contributed by atoms with Gasteiger partial charge in [-0.05, 0) is 25.6 Å². The Morgan fingerprint density at radius 1 is 1.39 bits per heavy atom. The van der Waals surface area contributed by atoms with E-state index < -0.39 is 0 Å². The predicted molar refractivity (Wildman–Crippen MR) is 73.8 cm³/mol. The normalized spacial score (nSPS) is 12.8. The van der Waals surface area contributed by atoms with E-state index in [0.717, 1.165) is 18.4 Å². The summed E-state index contributed by atoms with van der Waals surface area (Å²) >= 11 is 0. The Bertz CT molecular complexity index is 577. The van der Waals surface area contributed by atoms with Crippen LogP contribution in [0.2, 0.25) is 0 Å². The Kier molecular flexibility index (Phi) is 4.10. The average Bonchev–Trinajstić information content (AvgIpc) is 2.41. The minimum atomic E-state index is 0.0388. The zero-order valence-electron chi connectivity index (χ0n) is 10.9. The SMILES string of the molecule is CCCC(Cn1cnc2ccccc2c1=O)NC. The third-order valence-electron chi connectivity index (χ3n) is 3.19. The van der Waals surface area contributed by atoms with Gasteiger partial charge in [-0.25, -0.2) is 4.98 Å². The van der Waals surface area contributed by atoms with Crippen molar-refractivity contribution >= 4 is 10.9 Å². The van der Waals surface area contributed by atoms with Gasteiger partial charge in [-0.2, -0.15) is 0 Å². The lowest BCUT2D eigenvalue weighted by molar-refractivity contribution is 0.441. The number of rotatable bonds is 5. The Labute approximate surface area is 107 Å². The minimum Gasteiger partial charge on any atom is -0.315 e. The number of aromatic nitrogens is 2. The number of hydrogen-bond acceptors (Lipinski definition) is 3. The van der Waals surface area contributed by atoms with Crippen LogP contribution in [0.15, 0.2) is 35.4 Å². The van der Waals surface area contributed by atoms with E-state index in [9.17, 15) is 4.79 Å². The van der Waals surface area contributed by atoms with Crippen molar-refractivity contribution in [2.24, 2.45) is 0 Å². The minimum absolute atomic E-state index is 0.0388. The fourth-order valence-electron chi connectivity index (χ4n) is 2.15. The van der Waals surface area contributed by atoms with Crippen LogP contribution < -0.4 is 10.9 Å². The van der Waals surface area contributed by atoms with Gasteiger partial charge in [0.25, 0.3) is 5.56 Å². The van der Waals surface area contributed by atoms with E-state index in [-0.39, 0.29) is 5.56 Å². The fourth-order valence-corrected chi connectivity index (χ4v) is 2.15. The van der Waals surface area contributed by atoms with Crippen LogP contribution in [0.25, 0.3) is 10.9 Å². The molecule has 1 N–H and O–H groups in total. The van der Waals surface area contributed by atoms with Crippen LogP contribution in [0, 0.1) is 0 Å². The van der Waals surface area contributed by atoms with Gasteiger partial charge in [0.1, 0.15) is 0 Å². The second-order valence-corrected chi connectivity index (χ2v) is 4.49. The number of fused-ring (bicyclic) bond motifs is 1. The van der Waals surface area contributed by atoms with Gasteiger partial charge in [0.05, 0.1) is 17.2 Å². The average molecular weight is 245 g/mol. The van der Waals surface area contributed by atoms with Gasteiger partial charge in [0.2, 0.25) is 0 Å². The van der Waals surface area contributed by atoms with Gasteiger partial charge >= 0.3 is 0 Å². The molecule has 1 aromatic heterocycles. The van der Waals surface area contributed by atoms with Crippen molar-refractivity contribution in [1.29, 1.82) is 0 Å². The summed E-state index contributed by atoms with van der Waals surface area (Å²) in [5.74, 6) is 0. The van der Waals surface area contributed by atoms with Gasteiger partial charge in [0.15, 0.2) is 0 Å². The molecule has 1 atom stereocenters. The number of para-hydroxylation sites is 1. The lowest BCUT2D eigenvalue weighted by Gasteiger charge is -2.16. The molecule has 0 aliphatic carbocycles. The number of hydrogen-bond donors (Lipinski definition) is 1. The maximum Gasteiger partial charge on any atom is 0.261 e. The summed E-state index contributed by atoms with van der Waals surface area (Å²) in [4.78, 5) is 16.6. The van der Waals surface area contributed by atoms with E-state index in [4.69, 9.17) is 0 Å². The molecular formula is C14H19N3O. The molecule has 0 saturated heterocycles. The second-order valence-electron chi connectivity index (χ2n) is 4.49. The number of benzene rings is 1. The largest absolute Gasteiger partial charge is 0.315 e. The molecule has 0 radical (unpaired) electrons. The highest BCUT2D eigenvalue weighted by atomic mass is 16.1. The third kappa shape index (κ3) is 2.59. The quantitative estimate of drug-likeness (QED) is 0.873. The van der Waals surface area contributed by atoms with Crippen molar-refractivity contribution in [2.45, 2.75) is 32.4 Å². The lowest BCUT2D eigenvalue weighted by Crippen LogP contribution is -2.34. The van der Waals surface area contributed by atoms with Crippen LogP contribution in [-0.2, 0) is 6.54 Å². The van der Waals surface area contributed by atoms with Gasteiger partial charge < -0.3 is 5.32 Å². The maximum atomic E-state index is 12.3. The maximum absolute atomic E-state index is 12.3. The van der Waals surface area contributed by atoms with Crippen LogP contribution in [0.3, 0.4) is 0 Å². The molecule has 0 spiro atoms. The monoisotopic (exact) mass is 245 g/mol. The molecule has 0 aliphatic rings. The highest BCUT2D eigenvalue weighted by molar-refractivity contribution is 5.76. The van der Waals surface area contributed by atoms with Gasteiger partial charge in [-0.15, -0.1) is 0 Å². The molecule has 96 valence electrons. The highest BCUT2D eigenvalue weighted by Gasteiger charge is 2.09. The van der Waals surface area contributed by atoms with Gasteiger partial charge in [-0.1, -0.05) is 25.5 Å². The Balaban J connectivity index is 2.34. The predicted octanol–water partition coefficient (Wildman–Crippen LogP) is 1.78. The van der Waals surface area contributed by atoms with Crippen LogP contribution >= 0.6 is 0 Å². The molecular weight excluding hydrogens is 226 g/mol. The molecule has 0 saturated carbocycles. The molecule has 1 unspecified atom stereocenters. The first-order valence-electron chi connectivity index (χ1n) is 6.37. The van der Waals surface area contributed by atoms with Crippen LogP contribution in [-0.4, -0.2) is 22.6 Å². The summed E-state index contributed by atoms with van der Waals surface area (Å²) in [6.45, 7) is 2.81. The topological polar surface area (TPSA) is 46.9 Å². The summed E-state index contributed by atoms with van der Waals surface area (Å²) in [5, 5.41) is 3.93. The summed E-state index contributed by atoms with van der Waals surface area (Å²) < 4.78 is 1.69. The molecule has 2 aromatic rings. The summed E-state index contributed by atoms with van der Waals surface area (Å²) in [7, 11) is 1.93. The second kappa shape index (κ2) is 5.78. The summed E-state index contributed by atoms with van der Waals surface area (Å²) in [6.07, 6.45) is 3.79. The summed E-state index contributed by atoms with van der Waals surface area (Å²) in [6, 6.07) is 7.78. The van der Waals surface area contributed by atoms with E-state index in [1.807, 2.05) is 31.3 Å². The van der Waals surface area contributed by atoms with Gasteiger partial charge in [-0.3, -0.25) is 9.36 Å². The standard InChI is InChI=1S/C14H19N3O/c1-3-6-11(15-2)9-17-10-16-13-8-5-4-7-12(13)14(17)18/h4-5,7-8,10-11,15H,3,6,9H2,1-2H3. The Morgan fingerprint density at radius 3 is 2.89 bits per heavy atom. The first kappa shape index (κ1) is 12.8. The van der Waals surface area contributed by atoms with Crippen molar-refractivity contribution in [3.8, 4) is 0 Å². The van der Waals surface area contributed by atoms with Crippen molar-refractivity contribution in [1.82, 2.24) is 14.9 Å². The van der Waals surface area contributed by atoms with E-state index in [1.54, 1.807) is 10.9 Å². The van der Waals surface area contributed by atoms with Gasteiger partial charge in [0, 0.05) is 12.6 Å². The molecule has 4 nitrogen and oxygen atoms in total. The molecule has 0 fully saturated rings. The van der Waals surface area contributed by atoms with Crippen LogP contribution in [0.5, 0.6) is 0 Å². The molecule has 0 amide bonds. The first-order chi connectivity index (χ1) is 8.76. The molecule has 0 aliphatic heterocycles. The van der Waals surface area contributed by atoms with E-state index >= 15 is 0 Å². The molecule has 4 heteroatoms. The van der Waals surface area contributed by atoms with Crippen molar-refractivity contribution in [3.63, 3.8) is 0 Å². The zero-order valence-corrected chi connectivity index (χ0v) is 10.9. The molecule has 1 heterocycles. The van der Waals surface area contributed by atoms with E-state index in [2.05, 4.69) is 17.2 Å². The molecule has 1 aromatic carbocycles. The van der Waals surface area contributed by atoms with Crippen LogP contribution in [0.1, 0.15) is 19.8 Å². The molecule has 18 heavy (non-hydrogen) atoms. The molecule has 0 bridgehead atoms. The summed E-state index contributed by atoms with van der Waals surface area (Å²) in [5.41, 5.74) is 0.798. The molecule has 2 rings (SSSR count). The number of nitrogens with one attached hydrogen (secondary N) is 1. The third-order valence-corrected chi connectivity index (χ3v) is 3.19. The van der Waals surface area contributed by atoms with Crippen molar-refractivity contribution in [3.05, 3.63) is 40.9 Å². The van der Waals surface area contributed by atoms with E-state index in [1.165, 1.54) is 0 Å². The smallest absolute Gasteiger partial charge is 0.261 e. The first-order valence-corrected chi connectivity index (χ1v) is 6.37. The Hall–Kier alpha value is -1.68. The highest BCUT2D eigenvalue weighted by Crippen LogP contribution is 2.05. The Morgan fingerprint density at radius 2 is 2.17 bits per heavy atom. The van der Waals surface area contributed by atoms with Crippen molar-refractivity contribution in [2.75, 3.05) is 7.05 Å². The number of nitrogens with zero attached hydrogens (tertiary/aromatic N) is 2. The lowest BCUT2D eigenvalue weighted by atomic mass is 10.1. The zero-order chi connectivity index (χ0) is 13.0. The van der Waals surface area contributed by atoms with E-state index in [0.29, 0.717) is 18.0 Å².